The highest BCUT2D eigenvalue weighted by molar-refractivity contribution is 6.94. The zero-order valence-corrected chi connectivity index (χ0v) is 39.8. The van der Waals surface area contributed by atoms with E-state index in [4.69, 9.17) is 4.42 Å². The molecule has 0 bridgehead atoms. The highest BCUT2D eigenvalue weighted by Crippen LogP contribution is 2.55. The summed E-state index contributed by atoms with van der Waals surface area (Å²) in [5.41, 5.74) is 23.2. The Bertz CT molecular complexity index is 3720. The highest BCUT2D eigenvalue weighted by atomic mass is 16.3. The van der Waals surface area contributed by atoms with Gasteiger partial charge in [0, 0.05) is 49.3 Å². The van der Waals surface area contributed by atoms with Crippen LogP contribution in [0.15, 0.2) is 156 Å². The summed E-state index contributed by atoms with van der Waals surface area (Å²) in [4.78, 5) is 2.71. The van der Waals surface area contributed by atoms with Gasteiger partial charge in [-0.05, 0) is 126 Å². The molecule has 2 aliphatic heterocycles. The zero-order valence-electron chi connectivity index (χ0n) is 39.8. The normalized spacial score (nSPS) is 15.6. The molecule has 0 unspecified atom stereocenters. The van der Waals surface area contributed by atoms with E-state index < -0.39 is 0 Å². The number of nitrogens with zero attached hydrogens (tertiary/aromatic N) is 2. The van der Waals surface area contributed by atoms with Crippen LogP contribution in [0.2, 0.25) is 0 Å². The third kappa shape index (κ3) is 5.22. The van der Waals surface area contributed by atoms with Crippen LogP contribution in [0.5, 0.6) is 0 Å². The van der Waals surface area contributed by atoms with Gasteiger partial charge in [0.15, 0.2) is 5.58 Å². The maximum Gasteiger partial charge on any atom is 0.333 e. The van der Waals surface area contributed by atoms with Crippen molar-refractivity contribution in [2.24, 2.45) is 0 Å². The number of hydrogen-bond donors (Lipinski definition) is 0. The Labute approximate surface area is 388 Å². The van der Waals surface area contributed by atoms with Gasteiger partial charge < -0.3 is 13.8 Å². The molecule has 0 fully saturated rings. The fraction of sp³-hybridized carbons (Fsp3) is 0.226. The lowest BCUT2D eigenvalue weighted by molar-refractivity contribution is 0.521. The summed E-state index contributed by atoms with van der Waals surface area (Å²) in [7, 11) is 0. The Kier molecular flexibility index (Phi) is 7.78. The molecule has 1 aliphatic carbocycles. The Hall–Kier alpha value is -6.78. The third-order valence-electron chi connectivity index (χ3n) is 15.9. The molecule has 10 aromatic rings. The Balaban J connectivity index is 1.23. The van der Waals surface area contributed by atoms with Gasteiger partial charge in [0.1, 0.15) is 5.58 Å². The predicted octanol–water partition coefficient (Wildman–Crippen LogP) is 15.1. The molecule has 4 heterocycles. The van der Waals surface area contributed by atoms with Crippen LogP contribution in [0, 0.1) is 0 Å². The van der Waals surface area contributed by atoms with Crippen LogP contribution < -0.4 is 15.7 Å². The summed E-state index contributed by atoms with van der Waals surface area (Å²) >= 11 is 0. The molecular formula is C62H55BN2O. The molecule has 0 atom stereocenters. The smallest absolute Gasteiger partial charge is 0.333 e. The average molecular weight is 855 g/mol. The molecule has 3 nitrogen and oxygen atoms in total. The van der Waals surface area contributed by atoms with Gasteiger partial charge in [-0.25, -0.2) is 0 Å². The molecule has 0 saturated carbocycles. The number of rotatable bonds is 2. The van der Waals surface area contributed by atoms with E-state index in [0.29, 0.717) is 0 Å². The number of furan rings is 1. The van der Waals surface area contributed by atoms with Crippen molar-refractivity contribution in [2.75, 3.05) is 4.81 Å². The largest absolute Gasteiger partial charge is 0.454 e. The number of benzene rings is 8. The molecule has 0 amide bonds. The van der Waals surface area contributed by atoms with Crippen LogP contribution in [0.1, 0.15) is 103 Å². The minimum atomic E-state index is -0.224. The molecule has 0 radical (unpaired) electrons. The molecule has 8 aromatic carbocycles. The summed E-state index contributed by atoms with van der Waals surface area (Å²) in [5, 5.41) is 4.89. The predicted molar refractivity (Wildman–Crippen MR) is 281 cm³/mol. The first-order valence-electron chi connectivity index (χ1n) is 23.9. The van der Waals surface area contributed by atoms with Crippen molar-refractivity contribution >= 4 is 72.9 Å². The van der Waals surface area contributed by atoms with Crippen molar-refractivity contribution in [1.82, 2.24) is 4.57 Å². The second-order valence-electron chi connectivity index (χ2n) is 22.6. The molecule has 3 aliphatic rings. The highest BCUT2D eigenvalue weighted by Gasteiger charge is 2.49. The lowest BCUT2D eigenvalue weighted by atomic mass is 9.43. The zero-order chi connectivity index (χ0) is 45.4. The summed E-state index contributed by atoms with van der Waals surface area (Å²) in [6.45, 7) is 23.7. The molecule has 13 rings (SSSR count). The van der Waals surface area contributed by atoms with Gasteiger partial charge in [-0.15, -0.1) is 0 Å². The summed E-state index contributed by atoms with van der Waals surface area (Å²) in [6.07, 6.45) is 0. The van der Waals surface area contributed by atoms with Gasteiger partial charge >= 0.3 is 6.85 Å². The number of para-hydroxylation sites is 1. The number of aromatic nitrogens is 1. The van der Waals surface area contributed by atoms with Crippen molar-refractivity contribution in [2.45, 2.75) is 90.9 Å². The van der Waals surface area contributed by atoms with Crippen molar-refractivity contribution in [3.63, 3.8) is 0 Å². The van der Waals surface area contributed by atoms with Gasteiger partial charge in [0.2, 0.25) is 0 Å². The van der Waals surface area contributed by atoms with Crippen molar-refractivity contribution in [1.29, 1.82) is 0 Å². The van der Waals surface area contributed by atoms with Crippen molar-refractivity contribution in [3.05, 3.63) is 185 Å². The van der Waals surface area contributed by atoms with Crippen LogP contribution in [-0.4, -0.2) is 11.4 Å². The van der Waals surface area contributed by atoms with E-state index in [1.807, 2.05) is 0 Å². The van der Waals surface area contributed by atoms with E-state index >= 15 is 0 Å². The Morgan fingerprint density at radius 1 is 0.500 bits per heavy atom. The van der Waals surface area contributed by atoms with Crippen LogP contribution in [0.4, 0.5) is 11.4 Å². The first-order valence-corrected chi connectivity index (χ1v) is 23.9. The van der Waals surface area contributed by atoms with E-state index in [0.717, 1.165) is 27.6 Å². The van der Waals surface area contributed by atoms with Crippen LogP contribution >= 0.6 is 0 Å². The number of fused-ring (bicyclic) bond motifs is 13. The molecule has 0 saturated heterocycles. The van der Waals surface area contributed by atoms with Gasteiger partial charge in [-0.1, -0.05) is 166 Å². The molecule has 4 heteroatoms. The monoisotopic (exact) mass is 854 g/mol. The van der Waals surface area contributed by atoms with Crippen molar-refractivity contribution in [3.8, 4) is 27.9 Å². The Morgan fingerprint density at radius 2 is 1.12 bits per heavy atom. The average Bonchev–Trinajstić information content (AvgIpc) is 3.85. The second-order valence-corrected chi connectivity index (χ2v) is 22.6. The molecule has 0 spiro atoms. The first kappa shape index (κ1) is 39.6. The maximum atomic E-state index is 7.19. The van der Waals surface area contributed by atoms with Crippen LogP contribution in [0.3, 0.4) is 0 Å². The topological polar surface area (TPSA) is 21.3 Å². The fourth-order valence-corrected chi connectivity index (χ4v) is 12.3. The molecular weight excluding hydrogens is 800 g/mol. The lowest BCUT2D eigenvalue weighted by Gasteiger charge is -2.47. The molecule has 322 valence electrons. The Morgan fingerprint density at radius 3 is 1.82 bits per heavy atom. The first-order chi connectivity index (χ1) is 31.5. The minimum Gasteiger partial charge on any atom is -0.454 e. The van der Waals surface area contributed by atoms with E-state index in [-0.39, 0.29) is 28.5 Å². The van der Waals surface area contributed by atoms with Gasteiger partial charge in [0.25, 0.3) is 0 Å². The summed E-state index contributed by atoms with van der Waals surface area (Å²) < 4.78 is 9.79. The fourth-order valence-electron chi connectivity index (χ4n) is 12.3. The van der Waals surface area contributed by atoms with Gasteiger partial charge in [0.05, 0.1) is 16.7 Å². The third-order valence-corrected chi connectivity index (χ3v) is 15.9. The van der Waals surface area contributed by atoms with E-state index in [1.165, 1.54) is 99.7 Å². The standard InChI is InChI=1S/C62H55BN2O/c1-59(2,3)38-26-29-52-42(30-38)45-31-39(60(4,5)6)32-51-56(45)64(52)57-55-44(33-46-41-20-14-17-23-54(41)66-58(46)57)43-34-49-50(62(9,10)48-22-16-15-21-47(48)61(49,7)8)35-53(43)65(63(51)55)40-27-24-37(25-28-40)36-18-12-11-13-19-36/h11-35H,1-10H3. The number of anilines is 2. The van der Waals surface area contributed by atoms with Crippen LogP contribution in [-0.2, 0) is 21.7 Å². The van der Waals surface area contributed by atoms with Gasteiger partial charge in [-0.2, -0.15) is 0 Å². The quantitative estimate of drug-likeness (QED) is 0.162. The maximum absolute atomic E-state index is 7.19. The van der Waals surface area contributed by atoms with E-state index in [9.17, 15) is 0 Å². The second kappa shape index (κ2) is 13.0. The van der Waals surface area contributed by atoms with Crippen molar-refractivity contribution < 1.29 is 4.42 Å². The summed E-state index contributed by atoms with van der Waals surface area (Å²) in [5.74, 6) is 0. The van der Waals surface area contributed by atoms with Gasteiger partial charge in [-0.3, -0.25) is 0 Å². The van der Waals surface area contributed by atoms with E-state index in [1.54, 1.807) is 0 Å². The number of hydrogen-bond acceptors (Lipinski definition) is 2. The molecule has 2 aromatic heterocycles. The molecule has 0 N–H and O–H groups in total. The lowest BCUT2D eigenvalue weighted by Crippen LogP contribution is -2.61. The SMILES string of the molecule is CC(C)(C)c1ccc2c(c1)c1cc(C(C)(C)C)cc3c1n2-c1c2c(cc4c1oc1ccccc14)-c1cc4c(cc1N(c1ccc(-c5ccccc5)cc1)B23)C(C)(C)c1ccccc1C4(C)C. The van der Waals surface area contributed by atoms with Crippen LogP contribution in [0.25, 0.3) is 71.7 Å². The minimum absolute atomic E-state index is 0.0134. The molecule has 66 heavy (non-hydrogen) atoms. The summed E-state index contributed by atoms with van der Waals surface area (Å²) in [6, 6.07) is 57.9. The van der Waals surface area contributed by atoms with E-state index in [2.05, 4.69) is 230 Å².